The molecule has 2 heteroatoms. The van der Waals surface area contributed by atoms with E-state index in [0.717, 1.165) is 31.3 Å². The van der Waals surface area contributed by atoms with Crippen LogP contribution in [0.5, 0.6) is 0 Å². The van der Waals surface area contributed by atoms with Crippen LogP contribution in [0.1, 0.15) is 38.7 Å². The van der Waals surface area contributed by atoms with E-state index in [1.165, 1.54) is 18.4 Å². The molecule has 2 rings (SSSR count). The Kier molecular flexibility index (Phi) is 5.62. The molecule has 0 radical (unpaired) electrons. The van der Waals surface area contributed by atoms with Crippen molar-refractivity contribution in [2.45, 2.75) is 45.8 Å². The van der Waals surface area contributed by atoms with E-state index < -0.39 is 0 Å². The van der Waals surface area contributed by atoms with Gasteiger partial charge in [-0.2, -0.15) is 0 Å². The maximum atomic E-state index is 10.3. The summed E-state index contributed by atoms with van der Waals surface area (Å²) < 4.78 is 0. The third kappa shape index (κ3) is 4.32. The fourth-order valence-corrected chi connectivity index (χ4v) is 3.45. The van der Waals surface area contributed by atoms with Gasteiger partial charge >= 0.3 is 0 Å². The minimum atomic E-state index is -0.108. The van der Waals surface area contributed by atoms with Crippen LogP contribution >= 0.6 is 0 Å². The summed E-state index contributed by atoms with van der Waals surface area (Å²) in [5, 5.41) is 10.3. The number of aliphatic hydroxyl groups excluding tert-OH is 1. The second-order valence-electron chi connectivity index (χ2n) is 6.83. The smallest absolute Gasteiger partial charge is 0.0580 e. The fourth-order valence-electron chi connectivity index (χ4n) is 3.45. The van der Waals surface area contributed by atoms with Crippen LogP contribution in [-0.4, -0.2) is 29.7 Å². The first-order valence-electron chi connectivity index (χ1n) is 7.96. The van der Waals surface area contributed by atoms with E-state index in [0.29, 0.717) is 5.92 Å². The van der Waals surface area contributed by atoms with Gasteiger partial charge in [0.1, 0.15) is 0 Å². The molecule has 3 unspecified atom stereocenters. The van der Waals surface area contributed by atoms with Crippen molar-refractivity contribution in [3.05, 3.63) is 35.9 Å². The summed E-state index contributed by atoms with van der Waals surface area (Å²) in [4.78, 5) is 2.35. The summed E-state index contributed by atoms with van der Waals surface area (Å²) in [6.45, 7) is 6.59. The van der Waals surface area contributed by atoms with Gasteiger partial charge in [-0.25, -0.2) is 0 Å². The Balaban J connectivity index is 1.87. The molecule has 1 aromatic carbocycles. The molecule has 1 saturated carbocycles. The maximum Gasteiger partial charge on any atom is 0.0580 e. The van der Waals surface area contributed by atoms with E-state index in [-0.39, 0.29) is 6.10 Å². The highest BCUT2D eigenvalue weighted by atomic mass is 16.3. The van der Waals surface area contributed by atoms with E-state index in [1.807, 2.05) is 0 Å². The lowest BCUT2D eigenvalue weighted by atomic mass is 9.74. The van der Waals surface area contributed by atoms with Gasteiger partial charge in [-0.1, -0.05) is 44.2 Å². The maximum absolute atomic E-state index is 10.3. The molecule has 0 spiro atoms. The first-order chi connectivity index (χ1) is 9.56. The molecular weight excluding hydrogens is 246 g/mol. The van der Waals surface area contributed by atoms with Gasteiger partial charge in [0.05, 0.1) is 6.10 Å². The van der Waals surface area contributed by atoms with Crippen LogP contribution in [0.25, 0.3) is 0 Å². The zero-order valence-electron chi connectivity index (χ0n) is 13.1. The van der Waals surface area contributed by atoms with Crippen molar-refractivity contribution in [2.24, 2.45) is 17.8 Å². The Hall–Kier alpha value is -0.860. The summed E-state index contributed by atoms with van der Waals surface area (Å²) in [6.07, 6.45) is 3.24. The third-order valence-electron chi connectivity index (χ3n) is 4.77. The largest absolute Gasteiger partial charge is 0.393 e. The van der Waals surface area contributed by atoms with E-state index in [2.05, 4.69) is 56.1 Å². The van der Waals surface area contributed by atoms with Crippen LogP contribution in [0.2, 0.25) is 0 Å². The summed E-state index contributed by atoms with van der Waals surface area (Å²) in [5.41, 5.74) is 1.35. The molecule has 0 amide bonds. The molecule has 0 aromatic heterocycles. The molecule has 1 N–H and O–H groups in total. The molecule has 0 aliphatic heterocycles. The molecule has 0 bridgehead atoms. The molecule has 3 atom stereocenters. The lowest BCUT2D eigenvalue weighted by molar-refractivity contribution is 0.0214. The van der Waals surface area contributed by atoms with Crippen molar-refractivity contribution < 1.29 is 5.11 Å². The lowest BCUT2D eigenvalue weighted by Gasteiger charge is -2.37. The van der Waals surface area contributed by atoms with Gasteiger partial charge in [0, 0.05) is 13.1 Å². The zero-order valence-corrected chi connectivity index (χ0v) is 13.1. The molecule has 1 aliphatic carbocycles. The Morgan fingerprint density at radius 2 is 1.90 bits per heavy atom. The molecule has 2 nitrogen and oxygen atoms in total. The molecular formula is C18H29NO. The quantitative estimate of drug-likeness (QED) is 0.888. The zero-order chi connectivity index (χ0) is 14.5. The van der Waals surface area contributed by atoms with Crippen molar-refractivity contribution >= 4 is 0 Å². The van der Waals surface area contributed by atoms with Crippen LogP contribution in [0.15, 0.2) is 30.3 Å². The second kappa shape index (κ2) is 7.24. The molecule has 1 aliphatic rings. The summed E-state index contributed by atoms with van der Waals surface area (Å²) in [6, 6.07) is 10.6. The summed E-state index contributed by atoms with van der Waals surface area (Å²) >= 11 is 0. The minimum absolute atomic E-state index is 0.108. The monoisotopic (exact) mass is 275 g/mol. The highest BCUT2D eigenvalue weighted by molar-refractivity contribution is 5.14. The van der Waals surface area contributed by atoms with Crippen LogP contribution in [-0.2, 0) is 6.54 Å². The van der Waals surface area contributed by atoms with Gasteiger partial charge in [-0.15, -0.1) is 0 Å². The average molecular weight is 275 g/mol. The van der Waals surface area contributed by atoms with Crippen LogP contribution in [0.3, 0.4) is 0 Å². The van der Waals surface area contributed by atoms with Crippen LogP contribution < -0.4 is 0 Å². The number of nitrogens with zero attached hydrogens (tertiary/aromatic N) is 1. The van der Waals surface area contributed by atoms with E-state index in [9.17, 15) is 5.11 Å². The van der Waals surface area contributed by atoms with Crippen LogP contribution in [0.4, 0.5) is 0 Å². The van der Waals surface area contributed by atoms with Crippen molar-refractivity contribution in [3.63, 3.8) is 0 Å². The van der Waals surface area contributed by atoms with Crippen molar-refractivity contribution in [1.29, 1.82) is 0 Å². The predicted molar refractivity (Wildman–Crippen MR) is 84.5 cm³/mol. The van der Waals surface area contributed by atoms with Gasteiger partial charge < -0.3 is 10.0 Å². The number of hydrogen-bond acceptors (Lipinski definition) is 2. The van der Waals surface area contributed by atoms with Gasteiger partial charge in [0.15, 0.2) is 0 Å². The van der Waals surface area contributed by atoms with Crippen molar-refractivity contribution in [3.8, 4) is 0 Å². The minimum Gasteiger partial charge on any atom is -0.393 e. The Labute approximate surface area is 123 Å². The highest BCUT2D eigenvalue weighted by Crippen LogP contribution is 2.34. The number of aliphatic hydroxyl groups is 1. The van der Waals surface area contributed by atoms with E-state index in [4.69, 9.17) is 0 Å². The van der Waals surface area contributed by atoms with Crippen molar-refractivity contribution in [2.75, 3.05) is 13.6 Å². The van der Waals surface area contributed by atoms with Gasteiger partial charge in [-0.3, -0.25) is 0 Å². The normalized spacial score (nSPS) is 27.2. The van der Waals surface area contributed by atoms with E-state index >= 15 is 0 Å². The molecule has 112 valence electrons. The van der Waals surface area contributed by atoms with Crippen molar-refractivity contribution in [1.82, 2.24) is 4.90 Å². The number of rotatable bonds is 5. The summed E-state index contributed by atoms with van der Waals surface area (Å²) in [5.74, 6) is 1.96. The highest BCUT2D eigenvalue weighted by Gasteiger charge is 2.31. The molecule has 1 aromatic rings. The molecule has 1 fully saturated rings. The lowest BCUT2D eigenvalue weighted by Crippen LogP contribution is -2.38. The molecule has 20 heavy (non-hydrogen) atoms. The topological polar surface area (TPSA) is 23.5 Å². The first-order valence-corrected chi connectivity index (χ1v) is 7.96. The number of hydrogen-bond donors (Lipinski definition) is 1. The second-order valence-corrected chi connectivity index (χ2v) is 6.83. The van der Waals surface area contributed by atoms with Gasteiger partial charge in [0.25, 0.3) is 0 Å². The van der Waals surface area contributed by atoms with Gasteiger partial charge in [0.2, 0.25) is 0 Å². The Bertz CT molecular complexity index is 390. The van der Waals surface area contributed by atoms with Crippen LogP contribution in [0, 0.1) is 17.8 Å². The third-order valence-corrected chi connectivity index (χ3v) is 4.77. The Morgan fingerprint density at radius 1 is 1.20 bits per heavy atom. The number of benzene rings is 1. The predicted octanol–water partition coefficient (Wildman–Crippen LogP) is 3.55. The van der Waals surface area contributed by atoms with Gasteiger partial charge in [-0.05, 0) is 49.6 Å². The SMILES string of the molecule is CC(C)C1CCC(O)C(CN(C)Cc2ccccc2)C1. The first kappa shape index (κ1) is 15.5. The Morgan fingerprint density at radius 3 is 2.55 bits per heavy atom. The summed E-state index contributed by atoms with van der Waals surface area (Å²) in [7, 11) is 2.17. The standard InChI is InChI=1S/C18H29NO/c1-14(2)16-9-10-18(20)17(11-16)13-19(3)12-15-7-5-4-6-8-15/h4-8,14,16-18,20H,9-13H2,1-3H3. The van der Waals surface area contributed by atoms with E-state index in [1.54, 1.807) is 0 Å². The fraction of sp³-hybridized carbons (Fsp3) is 0.667. The average Bonchev–Trinajstić information content (AvgIpc) is 2.42. The molecule has 0 heterocycles. The molecule has 0 saturated heterocycles.